The largest absolute Gasteiger partial charge is 0.358 e. The molecule has 110 valence electrons. The lowest BCUT2D eigenvalue weighted by molar-refractivity contribution is 0.541. The highest BCUT2D eigenvalue weighted by Gasteiger charge is 2.14. The predicted molar refractivity (Wildman–Crippen MR) is 83.4 cm³/mol. The molecule has 0 aliphatic carbocycles. The summed E-state index contributed by atoms with van der Waals surface area (Å²) in [6, 6.07) is 2.15. The maximum absolute atomic E-state index is 4.61. The summed E-state index contributed by atoms with van der Waals surface area (Å²) in [5.74, 6) is 1.99. The van der Waals surface area contributed by atoms with Crippen molar-refractivity contribution in [2.45, 2.75) is 26.7 Å². The van der Waals surface area contributed by atoms with Gasteiger partial charge in [-0.05, 0) is 31.5 Å². The second-order valence-corrected chi connectivity index (χ2v) is 5.85. The molecule has 0 bridgehead atoms. The molecule has 0 aliphatic heterocycles. The number of hydrogen-bond acceptors (Lipinski definition) is 4. The van der Waals surface area contributed by atoms with Crippen LogP contribution in [0, 0.1) is 5.92 Å². The maximum Gasteiger partial charge on any atom is 0.154 e. The van der Waals surface area contributed by atoms with Crippen LogP contribution in [0.2, 0.25) is 0 Å². The monoisotopic (exact) mass is 275 g/mol. The first-order chi connectivity index (χ1) is 9.52. The quantitative estimate of drug-likeness (QED) is 0.877. The Morgan fingerprint density at radius 1 is 1.35 bits per heavy atom. The zero-order valence-corrected chi connectivity index (χ0v) is 13.1. The Labute approximate surface area is 121 Å². The fourth-order valence-electron chi connectivity index (χ4n) is 2.47. The Balaban J connectivity index is 2.29. The van der Waals surface area contributed by atoms with E-state index in [1.165, 1.54) is 0 Å². The molecule has 2 aromatic heterocycles. The summed E-state index contributed by atoms with van der Waals surface area (Å²) in [5.41, 5.74) is 2.19. The zero-order chi connectivity index (χ0) is 14.7. The van der Waals surface area contributed by atoms with Gasteiger partial charge < -0.3 is 10.2 Å². The van der Waals surface area contributed by atoms with Crippen LogP contribution >= 0.6 is 0 Å². The van der Waals surface area contributed by atoms with Gasteiger partial charge in [0, 0.05) is 26.0 Å². The maximum atomic E-state index is 4.61. The van der Waals surface area contributed by atoms with Crippen molar-refractivity contribution in [3.8, 4) is 0 Å². The van der Waals surface area contributed by atoms with Gasteiger partial charge >= 0.3 is 0 Å². The van der Waals surface area contributed by atoms with Crippen molar-refractivity contribution in [2.75, 3.05) is 32.1 Å². The predicted octanol–water partition coefficient (Wildman–Crippen LogP) is 2.14. The van der Waals surface area contributed by atoms with E-state index in [0.29, 0.717) is 11.8 Å². The average molecular weight is 275 g/mol. The molecule has 0 aliphatic rings. The topological polar surface area (TPSA) is 45.5 Å². The molecule has 0 radical (unpaired) electrons. The van der Waals surface area contributed by atoms with Gasteiger partial charge in [0.15, 0.2) is 5.82 Å². The van der Waals surface area contributed by atoms with E-state index in [9.17, 15) is 0 Å². The van der Waals surface area contributed by atoms with Gasteiger partial charge in [-0.25, -0.2) is 9.50 Å². The molecular formula is C15H25N5. The minimum atomic E-state index is 0.427. The standard InChI is InChI=1S/C15H25N5/c1-11(2)13-8-14-15(17-6-7-20(14)18-13)19(5)10-12(3)9-16-4/h6-8,11-12,16H,9-10H2,1-5H3. The third-order valence-corrected chi connectivity index (χ3v) is 3.48. The van der Waals surface area contributed by atoms with Crippen LogP contribution < -0.4 is 10.2 Å². The second kappa shape index (κ2) is 6.22. The Bertz CT molecular complexity index is 560. The number of nitrogens with zero attached hydrogens (tertiary/aromatic N) is 4. The third-order valence-electron chi connectivity index (χ3n) is 3.48. The minimum Gasteiger partial charge on any atom is -0.358 e. The van der Waals surface area contributed by atoms with Crippen LogP contribution in [0.15, 0.2) is 18.5 Å². The van der Waals surface area contributed by atoms with Crippen molar-refractivity contribution in [3.05, 3.63) is 24.2 Å². The summed E-state index contributed by atoms with van der Waals surface area (Å²) in [4.78, 5) is 6.75. The van der Waals surface area contributed by atoms with Gasteiger partial charge in [0.25, 0.3) is 0 Å². The molecule has 0 fully saturated rings. The molecule has 0 spiro atoms. The van der Waals surface area contributed by atoms with E-state index in [-0.39, 0.29) is 0 Å². The van der Waals surface area contributed by atoms with E-state index in [1.807, 2.05) is 24.0 Å². The first-order valence-electron chi connectivity index (χ1n) is 7.23. The van der Waals surface area contributed by atoms with Gasteiger partial charge in [0.05, 0.1) is 5.69 Å². The van der Waals surface area contributed by atoms with Crippen LogP contribution in [0.1, 0.15) is 32.4 Å². The van der Waals surface area contributed by atoms with Gasteiger partial charge in [-0.2, -0.15) is 5.10 Å². The first kappa shape index (κ1) is 14.8. The number of rotatable bonds is 6. The van der Waals surface area contributed by atoms with E-state index < -0.39 is 0 Å². The summed E-state index contributed by atoms with van der Waals surface area (Å²) < 4.78 is 1.93. The Kier molecular flexibility index (Phi) is 4.60. The zero-order valence-electron chi connectivity index (χ0n) is 13.1. The molecule has 5 nitrogen and oxygen atoms in total. The van der Waals surface area contributed by atoms with Gasteiger partial charge in [0.2, 0.25) is 0 Å². The fourth-order valence-corrected chi connectivity index (χ4v) is 2.47. The van der Waals surface area contributed by atoms with E-state index in [1.54, 1.807) is 0 Å². The van der Waals surface area contributed by atoms with E-state index in [4.69, 9.17) is 0 Å². The smallest absolute Gasteiger partial charge is 0.154 e. The highest BCUT2D eigenvalue weighted by molar-refractivity contribution is 5.69. The molecule has 2 aromatic rings. The Morgan fingerprint density at radius 3 is 2.75 bits per heavy atom. The normalized spacial score (nSPS) is 13.1. The van der Waals surface area contributed by atoms with Crippen LogP contribution in [0.4, 0.5) is 5.82 Å². The van der Waals surface area contributed by atoms with Crippen molar-refractivity contribution in [3.63, 3.8) is 0 Å². The SMILES string of the molecule is CNCC(C)CN(C)c1nccn2nc(C(C)C)cc12. The molecule has 2 heterocycles. The molecule has 5 heteroatoms. The summed E-state index contributed by atoms with van der Waals surface area (Å²) >= 11 is 0. The molecule has 0 aromatic carbocycles. The first-order valence-corrected chi connectivity index (χ1v) is 7.23. The van der Waals surface area contributed by atoms with Gasteiger partial charge in [-0.3, -0.25) is 0 Å². The lowest BCUT2D eigenvalue weighted by atomic mass is 10.1. The molecule has 0 saturated heterocycles. The highest BCUT2D eigenvalue weighted by atomic mass is 15.3. The minimum absolute atomic E-state index is 0.427. The van der Waals surface area contributed by atoms with Gasteiger partial charge in [0.1, 0.15) is 5.52 Å². The van der Waals surface area contributed by atoms with Crippen LogP contribution in [-0.4, -0.2) is 41.8 Å². The lowest BCUT2D eigenvalue weighted by Crippen LogP contribution is -2.30. The van der Waals surface area contributed by atoms with E-state index in [2.05, 4.69) is 54.2 Å². The summed E-state index contributed by atoms with van der Waals surface area (Å²) in [6.45, 7) is 8.53. The Morgan fingerprint density at radius 2 is 2.10 bits per heavy atom. The van der Waals surface area contributed by atoms with Crippen molar-refractivity contribution < 1.29 is 0 Å². The third kappa shape index (κ3) is 3.10. The van der Waals surface area contributed by atoms with Crippen molar-refractivity contribution in [2.24, 2.45) is 5.92 Å². The number of fused-ring (bicyclic) bond motifs is 1. The van der Waals surface area contributed by atoms with Crippen LogP contribution in [0.5, 0.6) is 0 Å². The average Bonchev–Trinajstić information content (AvgIpc) is 2.82. The number of aromatic nitrogens is 3. The summed E-state index contributed by atoms with van der Waals surface area (Å²) in [6.07, 6.45) is 3.73. The number of hydrogen-bond donors (Lipinski definition) is 1. The van der Waals surface area contributed by atoms with Crippen molar-refractivity contribution in [1.82, 2.24) is 19.9 Å². The summed E-state index contributed by atoms with van der Waals surface area (Å²) in [7, 11) is 4.08. The van der Waals surface area contributed by atoms with Gasteiger partial charge in [-0.15, -0.1) is 0 Å². The van der Waals surface area contributed by atoms with Crippen molar-refractivity contribution >= 4 is 11.3 Å². The van der Waals surface area contributed by atoms with Crippen molar-refractivity contribution in [1.29, 1.82) is 0 Å². The van der Waals surface area contributed by atoms with E-state index in [0.717, 1.165) is 30.1 Å². The van der Waals surface area contributed by atoms with Crippen LogP contribution in [-0.2, 0) is 0 Å². The second-order valence-electron chi connectivity index (χ2n) is 5.85. The number of nitrogens with one attached hydrogen (secondary N) is 1. The molecule has 2 rings (SSSR count). The van der Waals surface area contributed by atoms with Crippen LogP contribution in [0.25, 0.3) is 5.52 Å². The highest BCUT2D eigenvalue weighted by Crippen LogP contribution is 2.22. The van der Waals surface area contributed by atoms with Crippen LogP contribution in [0.3, 0.4) is 0 Å². The van der Waals surface area contributed by atoms with Gasteiger partial charge in [-0.1, -0.05) is 20.8 Å². The molecule has 20 heavy (non-hydrogen) atoms. The lowest BCUT2D eigenvalue weighted by Gasteiger charge is -2.22. The summed E-state index contributed by atoms with van der Waals surface area (Å²) in [5, 5.41) is 7.82. The number of anilines is 1. The molecule has 0 saturated carbocycles. The fraction of sp³-hybridized carbons (Fsp3) is 0.600. The molecular weight excluding hydrogens is 250 g/mol. The molecule has 1 atom stereocenters. The molecule has 1 unspecified atom stereocenters. The molecule has 1 N–H and O–H groups in total. The molecule has 0 amide bonds. The van der Waals surface area contributed by atoms with E-state index >= 15 is 0 Å². The Hall–Kier alpha value is -1.62.